The van der Waals surface area contributed by atoms with Crippen LogP contribution in [0.5, 0.6) is 0 Å². The third-order valence-corrected chi connectivity index (χ3v) is 4.11. The summed E-state index contributed by atoms with van der Waals surface area (Å²) in [5, 5.41) is 32.3. The molecule has 2 aromatic rings. The maximum absolute atomic E-state index is 12.4. The summed E-state index contributed by atoms with van der Waals surface area (Å²) in [6.45, 7) is 0. The zero-order valence-corrected chi connectivity index (χ0v) is 14.7. The molecule has 10 nitrogen and oxygen atoms in total. The second-order valence-corrected chi connectivity index (χ2v) is 6.05. The van der Waals surface area contributed by atoms with Crippen molar-refractivity contribution in [2.75, 3.05) is 0 Å². The number of benzene rings is 2. The van der Waals surface area contributed by atoms with Crippen LogP contribution >= 0.6 is 0 Å². The summed E-state index contributed by atoms with van der Waals surface area (Å²) in [4.78, 5) is 34.4. The number of amides is 2. The number of hydrogen-bond donors (Lipinski definition) is 5. The Morgan fingerprint density at radius 1 is 1.07 bits per heavy atom. The van der Waals surface area contributed by atoms with E-state index in [4.69, 9.17) is 10.9 Å². The van der Waals surface area contributed by atoms with Crippen LogP contribution in [0.1, 0.15) is 17.2 Å². The molecule has 2 rings (SSSR count). The average Bonchev–Trinajstić information content (AvgIpc) is 2.72. The number of aliphatic hydroxyl groups is 1. The zero-order valence-electron chi connectivity index (χ0n) is 14.7. The van der Waals surface area contributed by atoms with E-state index in [0.717, 1.165) is 5.56 Å². The average molecular weight is 388 g/mol. The molecule has 0 heterocycles. The van der Waals surface area contributed by atoms with Gasteiger partial charge in [-0.3, -0.25) is 24.9 Å². The van der Waals surface area contributed by atoms with Gasteiger partial charge in [0, 0.05) is 18.6 Å². The summed E-state index contributed by atoms with van der Waals surface area (Å²) < 4.78 is 0. The number of carbonyl (C=O) groups excluding carboxylic acids is 2. The number of hydrogen-bond acceptors (Lipinski definition) is 7. The normalized spacial score (nSPS) is 13.8. The Hall–Kier alpha value is -3.34. The van der Waals surface area contributed by atoms with Crippen LogP contribution in [0.4, 0.5) is 5.69 Å². The van der Waals surface area contributed by atoms with Gasteiger partial charge in [0.15, 0.2) is 0 Å². The van der Waals surface area contributed by atoms with E-state index in [0.29, 0.717) is 0 Å². The van der Waals surface area contributed by atoms with Crippen LogP contribution in [-0.4, -0.2) is 39.1 Å². The first kappa shape index (κ1) is 21.0. The number of nitrogens with one attached hydrogen (secondary N) is 2. The van der Waals surface area contributed by atoms with Gasteiger partial charge in [0.25, 0.3) is 11.6 Å². The molecule has 10 heteroatoms. The van der Waals surface area contributed by atoms with Crippen LogP contribution in [0.3, 0.4) is 0 Å². The van der Waals surface area contributed by atoms with Crippen molar-refractivity contribution in [3.05, 3.63) is 75.8 Å². The van der Waals surface area contributed by atoms with E-state index < -0.39 is 34.9 Å². The molecule has 0 saturated heterocycles. The molecular formula is C18H20N4O6. The fraction of sp³-hybridized carbons (Fsp3) is 0.222. The Morgan fingerprint density at radius 3 is 2.21 bits per heavy atom. The third-order valence-electron chi connectivity index (χ3n) is 4.11. The summed E-state index contributed by atoms with van der Waals surface area (Å²) in [5.74, 6) is -1.66. The molecule has 0 aliphatic heterocycles. The van der Waals surface area contributed by atoms with E-state index in [2.05, 4.69) is 5.32 Å². The van der Waals surface area contributed by atoms with Crippen molar-refractivity contribution in [3.63, 3.8) is 0 Å². The molecule has 0 radical (unpaired) electrons. The molecular weight excluding hydrogens is 368 g/mol. The Morgan fingerprint density at radius 2 is 1.68 bits per heavy atom. The predicted octanol–water partition coefficient (Wildman–Crippen LogP) is 0.188. The predicted molar refractivity (Wildman–Crippen MR) is 98.0 cm³/mol. The SMILES string of the molecule is N[C@@H](C(=O)N[C@@H](Cc1ccccc1)C(=O)NO)[C@@H](O)c1ccc([N+](=O)[O-])cc1. The Kier molecular flexibility index (Phi) is 7.15. The van der Waals surface area contributed by atoms with E-state index in [1.54, 1.807) is 30.3 Å². The molecule has 0 saturated carbocycles. The van der Waals surface area contributed by atoms with Gasteiger partial charge in [0.1, 0.15) is 18.2 Å². The van der Waals surface area contributed by atoms with Gasteiger partial charge >= 0.3 is 0 Å². The van der Waals surface area contributed by atoms with E-state index in [1.165, 1.54) is 29.7 Å². The van der Waals surface area contributed by atoms with Gasteiger partial charge < -0.3 is 16.2 Å². The molecule has 0 unspecified atom stereocenters. The molecule has 0 aromatic heterocycles. The van der Waals surface area contributed by atoms with Gasteiger partial charge in [-0.2, -0.15) is 0 Å². The highest BCUT2D eigenvalue weighted by Gasteiger charge is 2.29. The molecule has 6 N–H and O–H groups in total. The first-order chi connectivity index (χ1) is 13.3. The summed E-state index contributed by atoms with van der Waals surface area (Å²) in [6, 6.07) is 11.2. The van der Waals surface area contributed by atoms with E-state index in [1.807, 2.05) is 0 Å². The maximum atomic E-state index is 12.4. The van der Waals surface area contributed by atoms with E-state index >= 15 is 0 Å². The lowest BCUT2D eigenvalue weighted by Crippen LogP contribution is -2.53. The molecule has 0 aliphatic rings. The molecule has 0 bridgehead atoms. The van der Waals surface area contributed by atoms with Gasteiger partial charge in [-0.05, 0) is 23.3 Å². The minimum atomic E-state index is -1.45. The molecule has 0 spiro atoms. The number of nitrogens with two attached hydrogens (primary N) is 1. The van der Waals surface area contributed by atoms with Crippen molar-refractivity contribution in [1.29, 1.82) is 0 Å². The number of nitro groups is 1. The van der Waals surface area contributed by atoms with Gasteiger partial charge in [-0.1, -0.05) is 30.3 Å². The van der Waals surface area contributed by atoms with Crippen LogP contribution < -0.4 is 16.5 Å². The van der Waals surface area contributed by atoms with Gasteiger partial charge in [-0.25, -0.2) is 5.48 Å². The Balaban J connectivity index is 2.08. The fourth-order valence-electron chi connectivity index (χ4n) is 2.55. The van der Waals surface area contributed by atoms with Crippen LogP contribution in [0, 0.1) is 10.1 Å². The minimum absolute atomic E-state index is 0.0965. The van der Waals surface area contributed by atoms with Crippen LogP contribution in [-0.2, 0) is 16.0 Å². The monoisotopic (exact) mass is 388 g/mol. The van der Waals surface area contributed by atoms with E-state index in [9.17, 15) is 24.8 Å². The second-order valence-electron chi connectivity index (χ2n) is 6.05. The zero-order chi connectivity index (χ0) is 20.7. The Bertz CT molecular complexity index is 828. The summed E-state index contributed by atoms with van der Waals surface area (Å²) in [7, 11) is 0. The topological polar surface area (TPSA) is 168 Å². The standard InChI is InChI=1S/C18H20N4O6/c19-15(16(23)12-6-8-13(9-7-12)22(27)28)18(25)20-14(17(24)21-26)10-11-4-2-1-3-5-11/h1-9,14-16,23,26H,10,19H2,(H,20,25)(H,21,24)/t14-,15+,16-/m0/s1. The number of nitrogens with zero attached hydrogens (tertiary/aromatic N) is 1. The Labute approximate surface area is 160 Å². The van der Waals surface area contributed by atoms with E-state index in [-0.39, 0.29) is 17.7 Å². The first-order valence-corrected chi connectivity index (χ1v) is 8.29. The molecule has 3 atom stereocenters. The first-order valence-electron chi connectivity index (χ1n) is 8.29. The lowest BCUT2D eigenvalue weighted by Gasteiger charge is -2.22. The second kappa shape index (κ2) is 9.55. The molecule has 148 valence electrons. The van der Waals surface area contributed by atoms with Crippen molar-refractivity contribution in [3.8, 4) is 0 Å². The highest BCUT2D eigenvalue weighted by atomic mass is 16.6. The summed E-state index contributed by atoms with van der Waals surface area (Å²) in [6.07, 6.45) is -1.35. The summed E-state index contributed by atoms with van der Waals surface area (Å²) >= 11 is 0. The number of aliphatic hydroxyl groups excluding tert-OH is 1. The van der Waals surface area contributed by atoms with Crippen molar-refractivity contribution >= 4 is 17.5 Å². The molecule has 2 aromatic carbocycles. The smallest absolute Gasteiger partial charge is 0.269 e. The molecule has 2 amide bonds. The lowest BCUT2D eigenvalue weighted by atomic mass is 10.0. The number of rotatable bonds is 8. The third kappa shape index (κ3) is 5.33. The van der Waals surface area contributed by atoms with Gasteiger partial charge in [0.2, 0.25) is 5.91 Å². The largest absolute Gasteiger partial charge is 0.386 e. The van der Waals surface area contributed by atoms with Crippen LogP contribution in [0.15, 0.2) is 54.6 Å². The summed E-state index contributed by atoms with van der Waals surface area (Å²) in [5.41, 5.74) is 8.05. The highest BCUT2D eigenvalue weighted by Crippen LogP contribution is 2.20. The molecule has 28 heavy (non-hydrogen) atoms. The fourth-order valence-corrected chi connectivity index (χ4v) is 2.55. The molecule has 0 aliphatic carbocycles. The van der Waals surface area contributed by atoms with Crippen molar-refractivity contribution in [1.82, 2.24) is 10.8 Å². The van der Waals surface area contributed by atoms with Crippen LogP contribution in [0.2, 0.25) is 0 Å². The number of hydroxylamine groups is 1. The number of nitro benzene ring substituents is 1. The van der Waals surface area contributed by atoms with Crippen LogP contribution in [0.25, 0.3) is 0 Å². The van der Waals surface area contributed by atoms with Gasteiger partial charge in [0.05, 0.1) is 4.92 Å². The van der Waals surface area contributed by atoms with Crippen molar-refractivity contribution < 1.29 is 24.8 Å². The van der Waals surface area contributed by atoms with Gasteiger partial charge in [-0.15, -0.1) is 0 Å². The number of carbonyl (C=O) groups is 2. The quantitative estimate of drug-likeness (QED) is 0.244. The number of non-ortho nitro benzene ring substituents is 1. The molecule has 0 fully saturated rings. The highest BCUT2D eigenvalue weighted by molar-refractivity contribution is 5.89. The van der Waals surface area contributed by atoms with Crippen molar-refractivity contribution in [2.45, 2.75) is 24.6 Å². The minimum Gasteiger partial charge on any atom is -0.386 e. The lowest BCUT2D eigenvalue weighted by molar-refractivity contribution is -0.384. The van der Waals surface area contributed by atoms with Crippen molar-refractivity contribution in [2.24, 2.45) is 5.73 Å². The maximum Gasteiger partial charge on any atom is 0.269 e.